The van der Waals surface area contributed by atoms with Gasteiger partial charge in [-0.2, -0.15) is 0 Å². The van der Waals surface area contributed by atoms with Crippen molar-refractivity contribution in [2.45, 2.75) is 56.8 Å². The Morgan fingerprint density at radius 1 is 1.09 bits per heavy atom. The Kier molecular flexibility index (Phi) is 7.14. The molecule has 1 atom stereocenters. The number of hydrogen-bond donors (Lipinski definition) is 1. The van der Waals surface area contributed by atoms with Crippen LogP contribution in [0.3, 0.4) is 0 Å². The van der Waals surface area contributed by atoms with E-state index in [4.69, 9.17) is 4.74 Å². The molecule has 0 radical (unpaired) electrons. The molecule has 0 aliphatic heterocycles. The van der Waals surface area contributed by atoms with Gasteiger partial charge in [0, 0.05) is 37.4 Å². The maximum atomic E-state index is 11.6. The molecule has 0 saturated heterocycles. The number of methoxy groups -OCH3 is 1. The molecule has 182 valence electrons. The third-order valence-electron chi connectivity index (χ3n) is 7.55. The number of carboxylic acids is 1. The van der Waals surface area contributed by atoms with Gasteiger partial charge in [-0.05, 0) is 109 Å². The first-order chi connectivity index (χ1) is 17.1. The lowest BCUT2D eigenvalue weighted by Crippen LogP contribution is -2.22. The van der Waals surface area contributed by atoms with Crippen LogP contribution in [0.2, 0.25) is 0 Å². The van der Waals surface area contributed by atoms with Gasteiger partial charge in [0.1, 0.15) is 0 Å². The topological polar surface area (TPSA) is 62.7 Å². The van der Waals surface area contributed by atoms with Crippen LogP contribution in [-0.4, -0.2) is 36.3 Å². The van der Waals surface area contributed by atoms with E-state index >= 15 is 0 Å². The summed E-state index contributed by atoms with van der Waals surface area (Å²) in [5.41, 5.74) is 7.89. The van der Waals surface area contributed by atoms with Gasteiger partial charge in [0.15, 0.2) is 0 Å². The average Bonchev–Trinajstić information content (AvgIpc) is 3.74. The van der Waals surface area contributed by atoms with Crippen LogP contribution in [0.4, 0.5) is 11.4 Å². The van der Waals surface area contributed by atoms with E-state index in [2.05, 4.69) is 52.3 Å². The number of rotatable bonds is 10. The van der Waals surface area contributed by atoms with Crippen LogP contribution < -0.4 is 4.90 Å². The first kappa shape index (κ1) is 23.6. The van der Waals surface area contributed by atoms with E-state index in [9.17, 15) is 9.90 Å². The number of hydrogen-bond acceptors (Lipinski definition) is 4. The highest BCUT2D eigenvalue weighted by Crippen LogP contribution is 2.41. The third kappa shape index (κ3) is 5.40. The van der Waals surface area contributed by atoms with Crippen LogP contribution in [0.1, 0.15) is 76.6 Å². The molecule has 2 aliphatic rings. The van der Waals surface area contributed by atoms with Gasteiger partial charge >= 0.3 is 5.97 Å². The van der Waals surface area contributed by atoms with Crippen molar-refractivity contribution in [3.05, 3.63) is 88.7 Å². The van der Waals surface area contributed by atoms with E-state index in [0.717, 1.165) is 50.1 Å². The number of pyridine rings is 1. The molecule has 2 aromatic carbocycles. The second-order valence-corrected chi connectivity index (χ2v) is 9.86. The molecule has 0 unspecified atom stereocenters. The summed E-state index contributed by atoms with van der Waals surface area (Å²) in [6.45, 7) is 1.47. The summed E-state index contributed by atoms with van der Waals surface area (Å²) < 4.78 is 5.43. The summed E-state index contributed by atoms with van der Waals surface area (Å²) in [5.74, 6) is 0.327. The Hall–Kier alpha value is -3.18. The molecular formula is C30H34N2O3. The molecule has 1 N–H and O–H groups in total. The zero-order chi connectivity index (χ0) is 24.2. The van der Waals surface area contributed by atoms with E-state index in [1.54, 1.807) is 25.6 Å². The molecule has 5 heteroatoms. The molecule has 2 aliphatic carbocycles. The fraction of sp³-hybridized carbons (Fsp3) is 0.400. The molecule has 5 rings (SSSR count). The zero-order valence-corrected chi connectivity index (χ0v) is 20.5. The standard InChI is InChI=1S/C30H34N2O3/c1-35-18-17-32(26-11-9-22(10-12-26)21-5-6-21)27-13-14-28-23(3-2-4-24(28)19-27)7-8-25-20-31-16-15-29(25)30(33)34/h9-16,19-21,23H,2-8,17-18H2,1H3,(H,33,34)/t23-/m0/s1. The van der Waals surface area contributed by atoms with Crippen molar-refractivity contribution >= 4 is 17.3 Å². The smallest absolute Gasteiger partial charge is 0.336 e. The number of anilines is 2. The minimum absolute atomic E-state index is 0.368. The lowest BCUT2D eigenvalue weighted by atomic mass is 9.79. The molecule has 3 aromatic rings. The lowest BCUT2D eigenvalue weighted by molar-refractivity contribution is 0.0695. The summed E-state index contributed by atoms with van der Waals surface area (Å²) in [5, 5.41) is 9.50. The van der Waals surface area contributed by atoms with Crippen LogP contribution in [-0.2, 0) is 17.6 Å². The van der Waals surface area contributed by atoms with Gasteiger partial charge in [-0.15, -0.1) is 0 Å². The predicted molar refractivity (Wildman–Crippen MR) is 139 cm³/mol. The van der Waals surface area contributed by atoms with Crippen molar-refractivity contribution in [3.8, 4) is 0 Å². The molecule has 0 bridgehead atoms. The summed E-state index contributed by atoms with van der Waals surface area (Å²) >= 11 is 0. The quantitative estimate of drug-likeness (QED) is 0.367. The highest BCUT2D eigenvalue weighted by molar-refractivity contribution is 5.89. The zero-order valence-electron chi connectivity index (χ0n) is 20.5. The number of aromatic nitrogens is 1. The number of benzene rings is 2. The van der Waals surface area contributed by atoms with Crippen molar-refractivity contribution in [3.63, 3.8) is 0 Å². The third-order valence-corrected chi connectivity index (χ3v) is 7.55. The van der Waals surface area contributed by atoms with Gasteiger partial charge in [-0.3, -0.25) is 4.98 Å². The molecule has 1 saturated carbocycles. The number of carbonyl (C=O) groups is 1. The van der Waals surface area contributed by atoms with Gasteiger partial charge in [-0.1, -0.05) is 18.2 Å². The van der Waals surface area contributed by atoms with E-state index in [1.165, 1.54) is 40.9 Å². The minimum atomic E-state index is -0.877. The van der Waals surface area contributed by atoms with Crippen LogP contribution in [0.15, 0.2) is 60.9 Å². The van der Waals surface area contributed by atoms with Crippen LogP contribution >= 0.6 is 0 Å². The molecule has 35 heavy (non-hydrogen) atoms. The molecule has 0 amide bonds. The number of carboxylic acid groups (broad SMARTS) is 1. The van der Waals surface area contributed by atoms with Gasteiger partial charge in [0.2, 0.25) is 0 Å². The fourth-order valence-corrected chi connectivity index (χ4v) is 5.47. The number of fused-ring (bicyclic) bond motifs is 1. The fourth-order valence-electron chi connectivity index (χ4n) is 5.47. The molecule has 1 fully saturated rings. The van der Waals surface area contributed by atoms with Crippen molar-refractivity contribution in [1.29, 1.82) is 0 Å². The van der Waals surface area contributed by atoms with E-state index < -0.39 is 5.97 Å². The Bertz CT molecular complexity index is 1170. The summed E-state index contributed by atoms with van der Waals surface area (Å²) in [7, 11) is 1.75. The van der Waals surface area contributed by atoms with Crippen LogP contribution in [0.5, 0.6) is 0 Å². The van der Waals surface area contributed by atoms with E-state index in [0.29, 0.717) is 18.1 Å². The summed E-state index contributed by atoms with van der Waals surface area (Å²) in [6, 6.07) is 17.6. The molecule has 0 spiro atoms. The number of aryl methyl sites for hydroxylation is 2. The normalized spacial score (nSPS) is 17.1. The Balaban J connectivity index is 1.36. The van der Waals surface area contributed by atoms with Gasteiger partial charge in [-0.25, -0.2) is 4.79 Å². The minimum Gasteiger partial charge on any atom is -0.478 e. The maximum absolute atomic E-state index is 11.6. The lowest BCUT2D eigenvalue weighted by Gasteiger charge is -2.30. The summed E-state index contributed by atoms with van der Waals surface area (Å²) in [6.07, 6.45) is 11.0. The molecular weight excluding hydrogens is 436 g/mol. The largest absolute Gasteiger partial charge is 0.478 e. The second-order valence-electron chi connectivity index (χ2n) is 9.86. The monoisotopic (exact) mass is 470 g/mol. The van der Waals surface area contributed by atoms with Gasteiger partial charge < -0.3 is 14.7 Å². The highest BCUT2D eigenvalue weighted by atomic mass is 16.5. The van der Waals surface area contributed by atoms with Crippen molar-refractivity contribution in [2.24, 2.45) is 0 Å². The number of aromatic carboxylic acids is 1. The highest BCUT2D eigenvalue weighted by Gasteiger charge is 2.24. The Morgan fingerprint density at radius 2 is 1.89 bits per heavy atom. The maximum Gasteiger partial charge on any atom is 0.336 e. The number of ether oxygens (including phenoxy) is 1. The SMILES string of the molecule is COCCN(c1ccc(C2CC2)cc1)c1ccc2c(c1)CCC[C@H]2CCc1cnccc1C(=O)O. The van der Waals surface area contributed by atoms with Crippen molar-refractivity contribution < 1.29 is 14.6 Å². The van der Waals surface area contributed by atoms with Crippen molar-refractivity contribution in [2.75, 3.05) is 25.2 Å². The predicted octanol–water partition coefficient (Wildman–Crippen LogP) is 6.49. The van der Waals surface area contributed by atoms with Crippen molar-refractivity contribution in [1.82, 2.24) is 4.98 Å². The van der Waals surface area contributed by atoms with Gasteiger partial charge in [0.05, 0.1) is 12.2 Å². The molecule has 1 aromatic heterocycles. The number of nitrogens with zero attached hydrogens (tertiary/aromatic N) is 2. The molecule has 5 nitrogen and oxygen atoms in total. The van der Waals surface area contributed by atoms with E-state index in [-0.39, 0.29) is 0 Å². The average molecular weight is 471 g/mol. The Labute approximate surface area is 207 Å². The first-order valence-corrected chi connectivity index (χ1v) is 12.8. The summed E-state index contributed by atoms with van der Waals surface area (Å²) in [4.78, 5) is 18.1. The van der Waals surface area contributed by atoms with E-state index in [1.807, 2.05) is 0 Å². The second kappa shape index (κ2) is 10.6. The first-order valence-electron chi connectivity index (χ1n) is 12.8. The Morgan fingerprint density at radius 3 is 2.63 bits per heavy atom. The molecule has 1 heterocycles. The van der Waals surface area contributed by atoms with Crippen LogP contribution in [0.25, 0.3) is 0 Å². The van der Waals surface area contributed by atoms with Crippen LogP contribution in [0, 0.1) is 0 Å². The van der Waals surface area contributed by atoms with Gasteiger partial charge in [0.25, 0.3) is 0 Å².